The minimum Gasteiger partial charge on any atom is -0.332 e. The number of hydrogen-bond acceptors (Lipinski definition) is 4. The average molecular weight is 332 g/mol. The first-order chi connectivity index (χ1) is 10.6. The Bertz CT molecular complexity index is 783. The van der Waals surface area contributed by atoms with Gasteiger partial charge < -0.3 is 4.90 Å². The van der Waals surface area contributed by atoms with Crippen molar-refractivity contribution in [2.75, 3.05) is 7.05 Å². The SMILES string of the molecule is C[C@H](c1nc2ccccc2s1)N(C)C(=O)c1ccc(Cl)nc1. The molecule has 112 valence electrons. The summed E-state index contributed by atoms with van der Waals surface area (Å²) < 4.78 is 1.12. The summed E-state index contributed by atoms with van der Waals surface area (Å²) in [5.41, 5.74) is 1.48. The average Bonchev–Trinajstić information content (AvgIpc) is 2.97. The van der Waals surface area contributed by atoms with E-state index in [1.54, 1.807) is 35.4 Å². The van der Waals surface area contributed by atoms with Crippen LogP contribution in [0.1, 0.15) is 28.3 Å². The molecule has 0 bridgehead atoms. The molecule has 6 heteroatoms. The molecule has 3 rings (SSSR count). The molecule has 0 N–H and O–H groups in total. The van der Waals surface area contributed by atoms with Crippen molar-refractivity contribution in [2.24, 2.45) is 0 Å². The Morgan fingerprint density at radius 1 is 1.27 bits per heavy atom. The molecule has 4 nitrogen and oxygen atoms in total. The van der Waals surface area contributed by atoms with Crippen LogP contribution in [0.2, 0.25) is 5.15 Å². The largest absolute Gasteiger partial charge is 0.332 e. The predicted octanol–water partition coefficient (Wildman–Crippen LogP) is 4.18. The third-order valence-electron chi connectivity index (χ3n) is 3.54. The predicted molar refractivity (Wildman–Crippen MR) is 89.4 cm³/mol. The number of nitrogens with zero attached hydrogens (tertiary/aromatic N) is 3. The summed E-state index contributed by atoms with van der Waals surface area (Å²) in [6.45, 7) is 1.97. The maximum Gasteiger partial charge on any atom is 0.255 e. The number of carbonyl (C=O) groups is 1. The van der Waals surface area contributed by atoms with E-state index in [0.717, 1.165) is 15.2 Å². The summed E-state index contributed by atoms with van der Waals surface area (Å²) >= 11 is 7.36. The lowest BCUT2D eigenvalue weighted by molar-refractivity contribution is 0.0742. The zero-order valence-corrected chi connectivity index (χ0v) is 13.7. The Hall–Kier alpha value is -1.98. The fraction of sp³-hybridized carbons (Fsp3) is 0.188. The van der Waals surface area contributed by atoms with Crippen LogP contribution in [-0.4, -0.2) is 27.8 Å². The molecular weight excluding hydrogens is 318 g/mol. The van der Waals surface area contributed by atoms with E-state index < -0.39 is 0 Å². The second-order valence-electron chi connectivity index (χ2n) is 4.98. The van der Waals surface area contributed by atoms with Gasteiger partial charge in [-0.2, -0.15) is 0 Å². The lowest BCUT2D eigenvalue weighted by Crippen LogP contribution is -2.29. The minimum atomic E-state index is -0.111. The zero-order valence-electron chi connectivity index (χ0n) is 12.2. The molecular formula is C16H14ClN3OS. The van der Waals surface area contributed by atoms with Crippen LogP contribution in [0.25, 0.3) is 10.2 Å². The van der Waals surface area contributed by atoms with E-state index >= 15 is 0 Å². The summed E-state index contributed by atoms with van der Waals surface area (Å²) in [5, 5.41) is 1.29. The second kappa shape index (κ2) is 6.02. The molecule has 1 aromatic carbocycles. The van der Waals surface area contributed by atoms with Crippen molar-refractivity contribution in [3.05, 3.63) is 58.3 Å². The minimum absolute atomic E-state index is 0.101. The van der Waals surface area contributed by atoms with Gasteiger partial charge in [0.15, 0.2) is 0 Å². The van der Waals surface area contributed by atoms with Gasteiger partial charge in [-0.15, -0.1) is 11.3 Å². The molecule has 0 saturated heterocycles. The first-order valence-corrected chi connectivity index (χ1v) is 8.00. The van der Waals surface area contributed by atoms with Crippen molar-refractivity contribution < 1.29 is 4.79 Å². The Morgan fingerprint density at radius 2 is 2.05 bits per heavy atom. The highest BCUT2D eigenvalue weighted by molar-refractivity contribution is 7.18. The lowest BCUT2D eigenvalue weighted by atomic mass is 10.2. The van der Waals surface area contributed by atoms with Crippen LogP contribution in [0, 0.1) is 0 Å². The first-order valence-electron chi connectivity index (χ1n) is 6.80. The lowest BCUT2D eigenvalue weighted by Gasteiger charge is -2.23. The first kappa shape index (κ1) is 14.9. The van der Waals surface area contributed by atoms with E-state index in [2.05, 4.69) is 9.97 Å². The maximum absolute atomic E-state index is 12.5. The van der Waals surface area contributed by atoms with Gasteiger partial charge in [0.25, 0.3) is 5.91 Å². The quantitative estimate of drug-likeness (QED) is 0.676. The molecule has 0 spiro atoms. The fourth-order valence-electron chi connectivity index (χ4n) is 2.12. The number of rotatable bonds is 3. The summed E-state index contributed by atoms with van der Waals surface area (Å²) in [6.07, 6.45) is 1.49. The Labute approximate surface area is 137 Å². The monoisotopic (exact) mass is 331 g/mol. The van der Waals surface area contributed by atoms with Crippen molar-refractivity contribution >= 4 is 39.1 Å². The van der Waals surface area contributed by atoms with Crippen LogP contribution < -0.4 is 0 Å². The highest BCUT2D eigenvalue weighted by atomic mass is 35.5. The van der Waals surface area contributed by atoms with Crippen LogP contribution in [0.4, 0.5) is 0 Å². The van der Waals surface area contributed by atoms with E-state index in [0.29, 0.717) is 10.7 Å². The molecule has 1 amide bonds. The number of benzene rings is 1. The molecule has 22 heavy (non-hydrogen) atoms. The van der Waals surface area contributed by atoms with Gasteiger partial charge in [0, 0.05) is 13.2 Å². The topological polar surface area (TPSA) is 46.1 Å². The number of fused-ring (bicyclic) bond motifs is 1. The van der Waals surface area contributed by atoms with Crippen LogP contribution >= 0.6 is 22.9 Å². The molecule has 0 aliphatic heterocycles. The Kier molecular flexibility index (Phi) is 4.09. The van der Waals surface area contributed by atoms with E-state index in [1.165, 1.54) is 6.20 Å². The van der Waals surface area contributed by atoms with Gasteiger partial charge >= 0.3 is 0 Å². The van der Waals surface area contributed by atoms with Crippen LogP contribution in [-0.2, 0) is 0 Å². The van der Waals surface area contributed by atoms with Crippen molar-refractivity contribution in [3.8, 4) is 0 Å². The molecule has 3 aromatic rings. The molecule has 2 heterocycles. The summed E-state index contributed by atoms with van der Waals surface area (Å²) in [4.78, 5) is 22.7. The maximum atomic E-state index is 12.5. The Balaban J connectivity index is 1.85. The van der Waals surface area contributed by atoms with Gasteiger partial charge in [0.1, 0.15) is 10.2 Å². The molecule has 0 aliphatic carbocycles. The molecule has 0 saturated carbocycles. The molecule has 0 fully saturated rings. The van der Waals surface area contributed by atoms with Crippen molar-refractivity contribution in [1.29, 1.82) is 0 Å². The highest BCUT2D eigenvalue weighted by Gasteiger charge is 2.22. The highest BCUT2D eigenvalue weighted by Crippen LogP contribution is 2.29. The number of amides is 1. The third-order valence-corrected chi connectivity index (χ3v) is 4.97. The number of thiazole rings is 1. The third kappa shape index (κ3) is 2.82. The number of para-hydroxylation sites is 1. The van der Waals surface area contributed by atoms with Crippen molar-refractivity contribution in [2.45, 2.75) is 13.0 Å². The van der Waals surface area contributed by atoms with Crippen molar-refractivity contribution in [3.63, 3.8) is 0 Å². The van der Waals surface area contributed by atoms with Gasteiger partial charge in [-0.05, 0) is 31.2 Å². The number of aromatic nitrogens is 2. The summed E-state index contributed by atoms with van der Waals surface area (Å²) in [7, 11) is 1.77. The number of carbonyl (C=O) groups excluding carboxylic acids is 1. The van der Waals surface area contributed by atoms with E-state index in [-0.39, 0.29) is 11.9 Å². The molecule has 2 aromatic heterocycles. The Morgan fingerprint density at radius 3 is 2.73 bits per heavy atom. The van der Waals surface area contributed by atoms with Gasteiger partial charge in [-0.3, -0.25) is 4.79 Å². The molecule has 1 atom stereocenters. The van der Waals surface area contributed by atoms with E-state index in [1.807, 2.05) is 31.2 Å². The number of pyridine rings is 1. The smallest absolute Gasteiger partial charge is 0.255 e. The second-order valence-corrected chi connectivity index (χ2v) is 6.43. The van der Waals surface area contributed by atoms with E-state index in [9.17, 15) is 4.79 Å². The van der Waals surface area contributed by atoms with Gasteiger partial charge in [0.05, 0.1) is 21.8 Å². The van der Waals surface area contributed by atoms with Crippen molar-refractivity contribution in [1.82, 2.24) is 14.9 Å². The van der Waals surface area contributed by atoms with Crippen LogP contribution in [0.5, 0.6) is 0 Å². The molecule has 0 unspecified atom stereocenters. The van der Waals surface area contributed by atoms with Gasteiger partial charge in [0.2, 0.25) is 0 Å². The number of halogens is 1. The molecule has 0 aliphatic rings. The van der Waals surface area contributed by atoms with Crippen LogP contribution in [0.3, 0.4) is 0 Å². The van der Waals surface area contributed by atoms with E-state index in [4.69, 9.17) is 11.6 Å². The summed E-state index contributed by atoms with van der Waals surface area (Å²) in [6, 6.07) is 11.2. The van der Waals surface area contributed by atoms with Crippen LogP contribution in [0.15, 0.2) is 42.6 Å². The zero-order chi connectivity index (χ0) is 15.7. The number of hydrogen-bond donors (Lipinski definition) is 0. The van der Waals surface area contributed by atoms with Gasteiger partial charge in [-0.25, -0.2) is 9.97 Å². The summed E-state index contributed by atoms with van der Waals surface area (Å²) in [5.74, 6) is -0.101. The normalized spacial score (nSPS) is 12.3. The standard InChI is InChI=1S/C16H14ClN3OS/c1-10(15-19-12-5-3-4-6-13(12)22-15)20(2)16(21)11-7-8-14(17)18-9-11/h3-10H,1-2H3/t10-/m1/s1. The van der Waals surface area contributed by atoms with Gasteiger partial charge in [-0.1, -0.05) is 23.7 Å². The molecule has 0 radical (unpaired) electrons. The fourth-order valence-corrected chi connectivity index (χ4v) is 3.29.